The van der Waals surface area contributed by atoms with Gasteiger partial charge in [0.1, 0.15) is 0 Å². The number of nitrogens with zero attached hydrogens (tertiary/aromatic N) is 1. The molecule has 1 aliphatic heterocycles. The smallest absolute Gasteiger partial charge is 0.240 e. The number of hydrogen-bond donors (Lipinski definition) is 1. The number of rotatable bonds is 8. The van der Waals surface area contributed by atoms with Crippen LogP contribution >= 0.6 is 0 Å². The molecule has 1 heterocycles. The van der Waals surface area contributed by atoms with Crippen molar-refractivity contribution in [3.63, 3.8) is 0 Å². The van der Waals surface area contributed by atoms with Crippen LogP contribution in [0.2, 0.25) is 0 Å². The molecule has 2 aliphatic rings. The molecular weight excluding hydrogens is 372 g/mol. The number of benzene rings is 2. The average molecular weight is 399 g/mol. The van der Waals surface area contributed by atoms with Crippen LogP contribution in [0.5, 0.6) is 0 Å². The molecule has 1 N–H and O–H groups in total. The molecule has 1 unspecified atom stereocenters. The number of likely N-dealkylation sites (tertiary alicyclic amines) is 1. The minimum absolute atomic E-state index is 0.0224. The lowest BCUT2D eigenvalue weighted by atomic mass is 10.1. The summed E-state index contributed by atoms with van der Waals surface area (Å²) in [6.07, 6.45) is 4.18. The second-order valence-corrected chi connectivity index (χ2v) is 9.45. The Morgan fingerprint density at radius 1 is 1.00 bits per heavy atom. The summed E-state index contributed by atoms with van der Waals surface area (Å²) in [5, 5.41) is 0. The van der Waals surface area contributed by atoms with E-state index in [-0.39, 0.29) is 22.6 Å². The lowest BCUT2D eigenvalue weighted by Gasteiger charge is -2.28. The van der Waals surface area contributed by atoms with E-state index >= 15 is 0 Å². The number of ketones is 1. The summed E-state index contributed by atoms with van der Waals surface area (Å²) in [4.78, 5) is 14.7. The monoisotopic (exact) mass is 398 g/mol. The molecule has 0 aromatic heterocycles. The van der Waals surface area contributed by atoms with Crippen LogP contribution in [0, 0.1) is 5.92 Å². The van der Waals surface area contributed by atoms with Crippen molar-refractivity contribution in [2.24, 2.45) is 5.92 Å². The molecule has 0 spiro atoms. The van der Waals surface area contributed by atoms with Gasteiger partial charge < -0.3 is 0 Å². The number of carbonyl (C=O) groups excluding carboxylic acids is 1. The van der Waals surface area contributed by atoms with E-state index in [1.54, 1.807) is 12.1 Å². The second kappa shape index (κ2) is 8.15. The number of sulfonamides is 1. The van der Waals surface area contributed by atoms with Crippen molar-refractivity contribution in [3.8, 4) is 0 Å². The van der Waals surface area contributed by atoms with Gasteiger partial charge in [0.05, 0.1) is 4.90 Å². The van der Waals surface area contributed by atoms with Crippen LogP contribution < -0.4 is 4.72 Å². The van der Waals surface area contributed by atoms with Crippen molar-refractivity contribution < 1.29 is 13.2 Å². The summed E-state index contributed by atoms with van der Waals surface area (Å²) < 4.78 is 28.4. The molecule has 1 aliphatic carbocycles. The van der Waals surface area contributed by atoms with Crippen molar-refractivity contribution in [2.75, 3.05) is 19.6 Å². The number of nitrogens with one attached hydrogen (secondary N) is 1. The maximum absolute atomic E-state index is 12.8. The summed E-state index contributed by atoms with van der Waals surface area (Å²) in [5.41, 5.74) is 1.72. The molecule has 148 valence electrons. The highest BCUT2D eigenvalue weighted by Crippen LogP contribution is 2.32. The van der Waals surface area contributed by atoms with Crippen molar-refractivity contribution in [1.82, 2.24) is 9.62 Å². The molecule has 2 fully saturated rings. The standard InChI is InChI=1S/C22H26N2O3S/c25-22(18-8-9-18)19-10-12-20(13-11-19)28(26,27)23-16-21(24-14-4-5-15-24)17-6-2-1-3-7-17/h1-3,6-7,10-13,18,21,23H,4-5,8-9,14-16H2. The van der Waals surface area contributed by atoms with Gasteiger partial charge in [0.15, 0.2) is 5.78 Å². The molecule has 1 saturated carbocycles. The first kappa shape index (κ1) is 19.3. The second-order valence-electron chi connectivity index (χ2n) is 7.68. The Kier molecular flexibility index (Phi) is 5.62. The van der Waals surface area contributed by atoms with Crippen molar-refractivity contribution in [1.29, 1.82) is 0 Å². The van der Waals surface area contributed by atoms with E-state index in [9.17, 15) is 13.2 Å². The fourth-order valence-corrected chi connectivity index (χ4v) is 4.88. The Balaban J connectivity index is 1.47. The van der Waals surface area contributed by atoms with E-state index in [1.807, 2.05) is 18.2 Å². The van der Waals surface area contributed by atoms with E-state index in [2.05, 4.69) is 21.8 Å². The molecule has 0 radical (unpaired) electrons. The topological polar surface area (TPSA) is 66.5 Å². The maximum atomic E-state index is 12.8. The van der Waals surface area contributed by atoms with Crippen LogP contribution in [-0.4, -0.2) is 38.7 Å². The Bertz CT molecular complexity index is 916. The van der Waals surface area contributed by atoms with Gasteiger partial charge in [-0.15, -0.1) is 0 Å². The molecule has 6 heteroatoms. The van der Waals surface area contributed by atoms with Crippen molar-refractivity contribution >= 4 is 15.8 Å². The van der Waals surface area contributed by atoms with Crippen LogP contribution in [0.1, 0.15) is 47.6 Å². The zero-order valence-electron chi connectivity index (χ0n) is 15.9. The van der Waals surface area contributed by atoms with E-state index in [1.165, 1.54) is 12.1 Å². The van der Waals surface area contributed by atoms with Crippen LogP contribution in [-0.2, 0) is 10.0 Å². The largest absolute Gasteiger partial charge is 0.295 e. The van der Waals surface area contributed by atoms with Gasteiger partial charge in [-0.1, -0.05) is 42.5 Å². The summed E-state index contributed by atoms with van der Waals surface area (Å²) >= 11 is 0. The van der Waals surface area contributed by atoms with E-state index in [4.69, 9.17) is 0 Å². The predicted molar refractivity (Wildman–Crippen MR) is 109 cm³/mol. The zero-order chi connectivity index (χ0) is 19.6. The molecule has 1 saturated heterocycles. The first-order valence-corrected chi connectivity index (χ1v) is 11.5. The predicted octanol–water partition coefficient (Wildman–Crippen LogP) is 3.39. The highest BCUT2D eigenvalue weighted by molar-refractivity contribution is 7.89. The van der Waals surface area contributed by atoms with Crippen LogP contribution in [0.15, 0.2) is 59.5 Å². The normalized spacial score (nSPS) is 18.9. The van der Waals surface area contributed by atoms with Gasteiger partial charge >= 0.3 is 0 Å². The Hall–Kier alpha value is -2.02. The summed E-state index contributed by atoms with van der Waals surface area (Å²) in [7, 11) is -3.63. The van der Waals surface area contributed by atoms with Crippen molar-refractivity contribution in [2.45, 2.75) is 36.6 Å². The fraction of sp³-hybridized carbons (Fsp3) is 0.409. The molecule has 28 heavy (non-hydrogen) atoms. The van der Waals surface area contributed by atoms with Crippen LogP contribution in [0.25, 0.3) is 0 Å². The Morgan fingerprint density at radius 3 is 2.25 bits per heavy atom. The molecule has 5 nitrogen and oxygen atoms in total. The minimum Gasteiger partial charge on any atom is -0.295 e. The Labute approximate surface area is 166 Å². The first-order chi connectivity index (χ1) is 13.5. The first-order valence-electron chi connectivity index (χ1n) is 9.97. The zero-order valence-corrected chi connectivity index (χ0v) is 16.7. The third-order valence-corrected chi connectivity index (χ3v) is 7.07. The van der Waals surface area contributed by atoms with Gasteiger partial charge in [0.2, 0.25) is 10.0 Å². The van der Waals surface area contributed by atoms with Gasteiger partial charge in [0.25, 0.3) is 0 Å². The third-order valence-electron chi connectivity index (χ3n) is 5.63. The Morgan fingerprint density at radius 2 is 1.64 bits per heavy atom. The number of carbonyl (C=O) groups is 1. The third kappa shape index (κ3) is 4.35. The van der Waals surface area contributed by atoms with E-state index in [0.29, 0.717) is 12.1 Å². The summed E-state index contributed by atoms with van der Waals surface area (Å²) in [5.74, 6) is 0.253. The van der Waals surface area contributed by atoms with Crippen LogP contribution in [0.3, 0.4) is 0 Å². The van der Waals surface area contributed by atoms with E-state index in [0.717, 1.165) is 44.3 Å². The summed E-state index contributed by atoms with van der Waals surface area (Å²) in [6.45, 7) is 2.30. The van der Waals surface area contributed by atoms with Crippen LogP contribution in [0.4, 0.5) is 0 Å². The van der Waals surface area contributed by atoms with Crippen molar-refractivity contribution in [3.05, 3.63) is 65.7 Å². The molecule has 2 aromatic rings. The maximum Gasteiger partial charge on any atom is 0.240 e. The lowest BCUT2D eigenvalue weighted by molar-refractivity contribution is 0.0967. The van der Waals surface area contributed by atoms with Gasteiger partial charge in [-0.25, -0.2) is 13.1 Å². The SMILES string of the molecule is O=C(c1ccc(S(=O)(=O)NCC(c2ccccc2)N2CCCC2)cc1)C1CC1. The number of Topliss-reactive ketones (excluding diaryl/α,β-unsaturated/α-hetero) is 1. The molecule has 4 rings (SSSR count). The van der Waals surface area contributed by atoms with Gasteiger partial charge in [-0.2, -0.15) is 0 Å². The average Bonchev–Trinajstić information content (AvgIpc) is 3.44. The van der Waals surface area contributed by atoms with Gasteiger partial charge in [-0.3, -0.25) is 9.69 Å². The highest BCUT2D eigenvalue weighted by atomic mass is 32.2. The lowest BCUT2D eigenvalue weighted by Crippen LogP contribution is -2.36. The molecular formula is C22H26N2O3S. The molecule has 1 atom stereocenters. The quantitative estimate of drug-likeness (QED) is 0.692. The molecule has 2 aromatic carbocycles. The van der Waals surface area contributed by atoms with Gasteiger partial charge in [0, 0.05) is 24.1 Å². The van der Waals surface area contributed by atoms with Gasteiger partial charge in [-0.05, 0) is 56.5 Å². The summed E-state index contributed by atoms with van der Waals surface area (Å²) in [6, 6.07) is 16.4. The van der Waals surface area contributed by atoms with E-state index < -0.39 is 10.0 Å². The molecule has 0 amide bonds. The highest BCUT2D eigenvalue weighted by Gasteiger charge is 2.30. The number of hydrogen-bond acceptors (Lipinski definition) is 4. The fourth-order valence-electron chi connectivity index (χ4n) is 3.84. The minimum atomic E-state index is -3.63. The molecule has 0 bridgehead atoms.